The molecular formula is C22H25Cl2N7O5. The normalized spacial score (nSPS) is 16.5. The quantitative estimate of drug-likeness (QED) is 0.158. The first kappa shape index (κ1) is 27.0. The Balaban J connectivity index is 1.93. The first-order chi connectivity index (χ1) is 16.9. The summed E-state index contributed by atoms with van der Waals surface area (Å²) in [6.45, 7) is 2.29. The fourth-order valence-corrected chi connectivity index (χ4v) is 4.16. The highest BCUT2D eigenvalue weighted by molar-refractivity contribution is 6.31. The van der Waals surface area contributed by atoms with Crippen molar-refractivity contribution in [2.24, 2.45) is 5.84 Å². The van der Waals surface area contributed by atoms with Crippen molar-refractivity contribution in [1.29, 1.82) is 0 Å². The number of urea groups is 2. The Morgan fingerprint density at radius 2 is 1.72 bits per heavy atom. The molecule has 0 spiro atoms. The first-order valence-corrected chi connectivity index (χ1v) is 11.4. The van der Waals surface area contributed by atoms with Crippen LogP contribution in [0.4, 0.5) is 21.0 Å². The highest BCUT2D eigenvalue weighted by Crippen LogP contribution is 2.38. The van der Waals surface area contributed by atoms with Crippen LogP contribution in [0.5, 0.6) is 0 Å². The van der Waals surface area contributed by atoms with Gasteiger partial charge in [0.25, 0.3) is 5.91 Å². The zero-order chi connectivity index (χ0) is 26.6. The van der Waals surface area contributed by atoms with E-state index in [-0.39, 0.29) is 5.69 Å². The smallest absolute Gasteiger partial charge is 0.345 e. The largest absolute Gasteiger partial charge is 0.347 e. The third-order valence-electron chi connectivity index (χ3n) is 5.52. The number of amides is 6. The van der Waals surface area contributed by atoms with E-state index in [1.54, 1.807) is 50.2 Å². The molecule has 0 aromatic heterocycles. The number of hydrazine groups is 1. The third-order valence-corrected chi connectivity index (χ3v) is 5.99. The minimum atomic E-state index is -1.30. The van der Waals surface area contributed by atoms with Crippen molar-refractivity contribution in [3.05, 3.63) is 58.6 Å². The zero-order valence-electron chi connectivity index (χ0n) is 19.4. The molecule has 1 aliphatic heterocycles. The van der Waals surface area contributed by atoms with Crippen LogP contribution in [0.15, 0.2) is 48.5 Å². The number of nitrogens with two attached hydrogens (primary N) is 1. The maximum atomic E-state index is 13.5. The molecule has 0 bridgehead atoms. The van der Waals surface area contributed by atoms with Gasteiger partial charge in [-0.25, -0.2) is 15.4 Å². The van der Waals surface area contributed by atoms with E-state index in [9.17, 15) is 24.4 Å². The lowest BCUT2D eigenvalue weighted by atomic mass is 9.99. The lowest BCUT2D eigenvalue weighted by Gasteiger charge is -2.38. The Bertz CT molecular complexity index is 1180. The van der Waals surface area contributed by atoms with Crippen molar-refractivity contribution in [3.63, 3.8) is 0 Å². The second-order valence-electron chi connectivity index (χ2n) is 8.38. The van der Waals surface area contributed by atoms with E-state index >= 15 is 0 Å². The van der Waals surface area contributed by atoms with E-state index in [0.29, 0.717) is 20.8 Å². The van der Waals surface area contributed by atoms with E-state index in [1.807, 2.05) is 5.43 Å². The first-order valence-electron chi connectivity index (χ1n) is 10.6. The fourth-order valence-electron chi connectivity index (χ4n) is 3.78. The molecule has 1 unspecified atom stereocenters. The van der Waals surface area contributed by atoms with E-state index in [2.05, 4.69) is 10.6 Å². The molecule has 2 aromatic rings. The van der Waals surface area contributed by atoms with Crippen LogP contribution < -0.4 is 26.8 Å². The molecule has 0 aliphatic carbocycles. The van der Waals surface area contributed by atoms with E-state index in [1.165, 1.54) is 17.0 Å². The van der Waals surface area contributed by atoms with Crippen LogP contribution in [0.2, 0.25) is 10.0 Å². The molecule has 1 fully saturated rings. The minimum absolute atomic E-state index is 0.283. The average molecular weight is 538 g/mol. The number of carbonyl (C=O) groups excluding carboxylic acids is 4. The number of nitrogens with one attached hydrogen (secondary N) is 3. The predicted octanol–water partition coefficient (Wildman–Crippen LogP) is 2.37. The topological polar surface area (TPSA) is 160 Å². The number of rotatable bonds is 7. The maximum absolute atomic E-state index is 13.5. The number of anilines is 2. The van der Waals surface area contributed by atoms with Gasteiger partial charge in [0.1, 0.15) is 6.54 Å². The van der Waals surface area contributed by atoms with Crippen LogP contribution in [0.3, 0.4) is 0 Å². The molecule has 2 aromatic carbocycles. The second-order valence-corrected chi connectivity index (χ2v) is 9.25. The summed E-state index contributed by atoms with van der Waals surface area (Å²) >= 11 is 12.1. The summed E-state index contributed by atoms with van der Waals surface area (Å²) in [4.78, 5) is 52.7. The van der Waals surface area contributed by atoms with Gasteiger partial charge in [0.05, 0.1) is 12.1 Å². The zero-order valence-corrected chi connectivity index (χ0v) is 20.9. The van der Waals surface area contributed by atoms with Crippen LogP contribution in [0.25, 0.3) is 0 Å². The Labute approximate surface area is 216 Å². The van der Waals surface area contributed by atoms with Gasteiger partial charge in [-0.2, -0.15) is 5.06 Å². The standard InChI is InChI=1S/C22H25Cl2N7O5/c1-22(2)19(31(36)20(34)27-15-7-3-5-13(23)9-15)30(16-8-4-6-14(24)10-16)21(35)29(22)12-18(33)26-11-17(32)28-25/h3-10,19,36H,11-12,25H2,1-2H3,(H,26,33)(H,27,34)(H,28,32). The number of hydrogen-bond acceptors (Lipinski definition) is 6. The Hall–Kier alpha value is -3.58. The van der Waals surface area contributed by atoms with Crippen molar-refractivity contribution in [1.82, 2.24) is 20.7 Å². The second kappa shape index (κ2) is 11.0. The minimum Gasteiger partial charge on any atom is -0.345 e. The molecule has 1 aliphatic rings. The van der Waals surface area contributed by atoms with Crippen LogP contribution in [0, 0.1) is 0 Å². The molecule has 3 rings (SSSR count). The molecule has 6 amide bonds. The lowest BCUT2D eigenvalue weighted by Crippen LogP contribution is -2.58. The summed E-state index contributed by atoms with van der Waals surface area (Å²) in [5.41, 5.74) is 1.18. The highest BCUT2D eigenvalue weighted by Gasteiger charge is 2.56. The number of nitrogens with zero attached hydrogens (tertiary/aromatic N) is 3. The predicted molar refractivity (Wildman–Crippen MR) is 133 cm³/mol. The van der Waals surface area contributed by atoms with Gasteiger partial charge in [-0.05, 0) is 50.2 Å². The molecule has 192 valence electrons. The fraction of sp³-hybridized carbons (Fsp3) is 0.273. The Morgan fingerprint density at radius 3 is 2.33 bits per heavy atom. The van der Waals surface area contributed by atoms with Gasteiger partial charge in [-0.1, -0.05) is 35.3 Å². The lowest BCUT2D eigenvalue weighted by molar-refractivity contribution is -0.128. The summed E-state index contributed by atoms with van der Waals surface area (Å²) in [6, 6.07) is 10.9. The van der Waals surface area contributed by atoms with Crippen molar-refractivity contribution in [2.75, 3.05) is 23.3 Å². The van der Waals surface area contributed by atoms with Gasteiger partial charge in [0.15, 0.2) is 6.17 Å². The average Bonchev–Trinajstić information content (AvgIpc) is 3.02. The van der Waals surface area contributed by atoms with Gasteiger partial charge in [0, 0.05) is 21.4 Å². The molecular weight excluding hydrogens is 513 g/mol. The summed E-state index contributed by atoms with van der Waals surface area (Å²) in [5, 5.41) is 17.0. The van der Waals surface area contributed by atoms with Gasteiger partial charge in [-0.3, -0.25) is 25.1 Å². The van der Waals surface area contributed by atoms with E-state index < -0.39 is 48.7 Å². The molecule has 14 heteroatoms. The molecule has 0 saturated carbocycles. The van der Waals surface area contributed by atoms with Crippen LogP contribution >= 0.6 is 23.2 Å². The number of hydrogen-bond donors (Lipinski definition) is 5. The van der Waals surface area contributed by atoms with Crippen LogP contribution in [-0.2, 0) is 9.59 Å². The molecule has 36 heavy (non-hydrogen) atoms. The monoisotopic (exact) mass is 537 g/mol. The van der Waals surface area contributed by atoms with Crippen LogP contribution in [0.1, 0.15) is 13.8 Å². The van der Waals surface area contributed by atoms with Crippen molar-refractivity contribution < 1.29 is 24.4 Å². The molecule has 1 atom stereocenters. The van der Waals surface area contributed by atoms with Gasteiger partial charge < -0.3 is 15.5 Å². The molecule has 0 radical (unpaired) electrons. The van der Waals surface area contributed by atoms with Crippen molar-refractivity contribution in [3.8, 4) is 0 Å². The van der Waals surface area contributed by atoms with Crippen molar-refractivity contribution in [2.45, 2.75) is 25.6 Å². The highest BCUT2D eigenvalue weighted by atomic mass is 35.5. The van der Waals surface area contributed by atoms with E-state index in [0.717, 1.165) is 4.90 Å². The molecule has 1 saturated heterocycles. The van der Waals surface area contributed by atoms with Gasteiger partial charge >= 0.3 is 12.1 Å². The SMILES string of the molecule is CC1(C)C(N(O)C(=O)Nc2cccc(Cl)c2)N(c2cccc(Cl)c2)C(=O)N1CC(=O)NCC(=O)NN. The number of carbonyl (C=O) groups is 4. The maximum Gasteiger partial charge on any atom is 0.347 e. The third kappa shape index (κ3) is 5.79. The number of halogens is 2. The summed E-state index contributed by atoms with van der Waals surface area (Å²) < 4.78 is 0. The number of hydroxylamine groups is 2. The Morgan fingerprint density at radius 1 is 1.08 bits per heavy atom. The molecule has 1 heterocycles. The van der Waals surface area contributed by atoms with E-state index in [4.69, 9.17) is 29.0 Å². The van der Waals surface area contributed by atoms with Gasteiger partial charge in [-0.15, -0.1) is 0 Å². The molecule has 12 nitrogen and oxygen atoms in total. The Kier molecular flexibility index (Phi) is 8.25. The van der Waals surface area contributed by atoms with Crippen LogP contribution in [-0.4, -0.2) is 63.8 Å². The summed E-state index contributed by atoms with van der Waals surface area (Å²) in [6.07, 6.45) is -1.29. The van der Waals surface area contributed by atoms with Gasteiger partial charge in [0.2, 0.25) is 5.91 Å². The summed E-state index contributed by atoms with van der Waals surface area (Å²) in [5.74, 6) is 3.73. The number of benzene rings is 2. The molecule has 6 N–H and O–H groups in total. The van der Waals surface area contributed by atoms with Crippen molar-refractivity contribution >= 4 is 58.5 Å². The summed E-state index contributed by atoms with van der Waals surface area (Å²) in [7, 11) is 0.